The van der Waals surface area contributed by atoms with Crippen LogP contribution in [0.1, 0.15) is 41.8 Å². The van der Waals surface area contributed by atoms with Crippen LogP contribution in [0.2, 0.25) is 0 Å². The maximum atomic E-state index is 12.5. The number of carbonyl (C=O) groups excluding carboxylic acids is 3. The molecule has 2 unspecified atom stereocenters. The summed E-state index contributed by atoms with van der Waals surface area (Å²) in [5.41, 5.74) is 0.0362. The van der Waals surface area contributed by atoms with Crippen LogP contribution < -0.4 is 10.6 Å². The van der Waals surface area contributed by atoms with E-state index in [1.807, 2.05) is 32.9 Å². The van der Waals surface area contributed by atoms with Crippen LogP contribution in [0.3, 0.4) is 0 Å². The summed E-state index contributed by atoms with van der Waals surface area (Å²) in [6, 6.07) is 6.37. The van der Waals surface area contributed by atoms with Gasteiger partial charge in [0.15, 0.2) is 5.75 Å². The number of aryl methyl sites for hydroxylation is 1. The quantitative estimate of drug-likeness (QED) is 0.409. The van der Waals surface area contributed by atoms with Gasteiger partial charge in [-0.25, -0.2) is 0 Å². The lowest BCUT2D eigenvalue weighted by Crippen LogP contribution is -2.69. The van der Waals surface area contributed by atoms with Crippen molar-refractivity contribution < 1.29 is 28.6 Å². The molecule has 9 heteroatoms. The molecular weight excluding hydrogens is 426 g/mol. The summed E-state index contributed by atoms with van der Waals surface area (Å²) in [6.45, 7) is 7.17. The third kappa shape index (κ3) is 4.02. The largest absolute Gasteiger partial charge is 0.505 e. The number of nitrogens with one attached hydrogen (secondary N) is 2. The molecule has 0 spiro atoms. The number of carbonyl (C=O) groups is 3. The molecule has 4 rings (SSSR count). The summed E-state index contributed by atoms with van der Waals surface area (Å²) in [5, 5.41) is 17.0. The van der Waals surface area contributed by atoms with Crippen LogP contribution in [0.5, 0.6) is 5.75 Å². The summed E-state index contributed by atoms with van der Waals surface area (Å²) in [6.07, 6.45) is 0. The van der Waals surface area contributed by atoms with Crippen molar-refractivity contribution in [2.75, 3.05) is 32.1 Å². The van der Waals surface area contributed by atoms with Crippen LogP contribution in [0.4, 0.5) is 5.69 Å². The Hall–Kier alpha value is -3.17. The van der Waals surface area contributed by atoms with Gasteiger partial charge in [0.05, 0.1) is 30.5 Å². The SMILES string of the molecule is CCN(C)C(=O)c1cccc(NC2C(=O)C(=O)C2N[C@@H](c2ccc(C)o2)C2(C)COC2)c1O. The highest BCUT2D eigenvalue weighted by Gasteiger charge is 2.53. The number of Topliss-reactive ketones (excluding diaryl/α,β-unsaturated/α-hetero) is 2. The summed E-state index contributed by atoms with van der Waals surface area (Å²) < 4.78 is 11.2. The second kappa shape index (κ2) is 8.64. The van der Waals surface area contributed by atoms with Gasteiger partial charge in [-0.2, -0.15) is 0 Å². The molecule has 1 aliphatic heterocycles. The molecule has 33 heavy (non-hydrogen) atoms. The topological polar surface area (TPSA) is 121 Å². The van der Waals surface area contributed by atoms with Gasteiger partial charge in [-0.3, -0.25) is 19.7 Å². The number of ether oxygens (including phenoxy) is 1. The molecule has 1 aromatic carbocycles. The fourth-order valence-electron chi connectivity index (χ4n) is 4.19. The molecule has 2 aromatic rings. The third-order valence-electron chi connectivity index (χ3n) is 6.49. The minimum absolute atomic E-state index is 0.120. The number of phenols is 1. The lowest BCUT2D eigenvalue weighted by molar-refractivity contribution is -0.150. The highest BCUT2D eigenvalue weighted by molar-refractivity contribution is 6.49. The maximum absolute atomic E-state index is 12.5. The number of amides is 1. The van der Waals surface area contributed by atoms with Gasteiger partial charge in [0, 0.05) is 19.0 Å². The monoisotopic (exact) mass is 455 g/mol. The Morgan fingerprint density at radius 3 is 2.48 bits per heavy atom. The smallest absolute Gasteiger partial charge is 0.257 e. The standard InChI is InChI=1S/C24H29N3O6/c1-5-27(4)23(31)14-7-6-8-15(19(14)28)25-17-18(21(30)20(17)29)26-22(24(3)11-32-12-24)16-10-9-13(2)33-16/h6-10,17-18,22,25-26,28H,5,11-12H2,1-4H3/t17?,18?,22-/m0/s1. The molecule has 1 saturated heterocycles. The molecule has 176 valence electrons. The molecule has 1 aliphatic carbocycles. The minimum Gasteiger partial charge on any atom is -0.505 e. The van der Waals surface area contributed by atoms with Crippen LogP contribution in [-0.2, 0) is 14.3 Å². The van der Waals surface area contributed by atoms with E-state index in [0.717, 1.165) is 5.76 Å². The van der Waals surface area contributed by atoms with Gasteiger partial charge < -0.3 is 24.5 Å². The van der Waals surface area contributed by atoms with Crippen molar-refractivity contribution >= 4 is 23.2 Å². The first kappa shape index (κ1) is 23.0. The number of benzene rings is 1. The van der Waals surface area contributed by atoms with E-state index in [1.165, 1.54) is 11.0 Å². The van der Waals surface area contributed by atoms with Gasteiger partial charge in [-0.05, 0) is 38.1 Å². The molecule has 1 aromatic heterocycles. The van der Waals surface area contributed by atoms with Crippen LogP contribution >= 0.6 is 0 Å². The maximum Gasteiger partial charge on any atom is 0.257 e. The Balaban J connectivity index is 1.57. The molecule has 2 fully saturated rings. The van der Waals surface area contributed by atoms with Crippen LogP contribution in [0.15, 0.2) is 34.7 Å². The fourth-order valence-corrected chi connectivity index (χ4v) is 4.19. The molecule has 3 N–H and O–H groups in total. The zero-order valence-electron chi connectivity index (χ0n) is 19.2. The lowest BCUT2D eigenvalue weighted by Gasteiger charge is -2.47. The number of furan rings is 1. The Morgan fingerprint density at radius 2 is 1.91 bits per heavy atom. The third-order valence-corrected chi connectivity index (χ3v) is 6.49. The molecular formula is C24H29N3O6. The van der Waals surface area contributed by atoms with E-state index in [2.05, 4.69) is 10.6 Å². The Morgan fingerprint density at radius 1 is 1.21 bits per heavy atom. The van der Waals surface area contributed by atoms with E-state index < -0.39 is 23.7 Å². The molecule has 0 bridgehead atoms. The van der Waals surface area contributed by atoms with Gasteiger partial charge >= 0.3 is 0 Å². The summed E-state index contributed by atoms with van der Waals surface area (Å²) in [5.74, 6) is -0.306. The highest BCUT2D eigenvalue weighted by Crippen LogP contribution is 2.42. The minimum atomic E-state index is -0.888. The van der Waals surface area contributed by atoms with Gasteiger partial charge in [-0.1, -0.05) is 13.0 Å². The first-order valence-corrected chi connectivity index (χ1v) is 11.0. The first-order chi connectivity index (χ1) is 15.7. The second-order valence-electron chi connectivity index (χ2n) is 9.04. The Bertz CT molecular complexity index is 1090. The molecule has 1 saturated carbocycles. The predicted molar refractivity (Wildman–Crippen MR) is 120 cm³/mol. The van der Waals surface area contributed by atoms with Crippen LogP contribution in [-0.4, -0.2) is 66.4 Å². The number of rotatable bonds is 8. The zero-order chi connectivity index (χ0) is 23.9. The molecule has 2 aliphatic rings. The van der Waals surface area contributed by atoms with Crippen molar-refractivity contribution in [3.05, 3.63) is 47.4 Å². The molecule has 0 radical (unpaired) electrons. The van der Waals surface area contributed by atoms with Crippen molar-refractivity contribution in [1.82, 2.24) is 10.2 Å². The van der Waals surface area contributed by atoms with Crippen LogP contribution in [0.25, 0.3) is 0 Å². The number of nitrogens with zero attached hydrogens (tertiary/aromatic N) is 1. The number of phenolic OH excluding ortho intramolecular Hbond substituents is 1. The normalized spacial score (nSPS) is 22.3. The van der Waals surface area contributed by atoms with E-state index in [9.17, 15) is 19.5 Å². The number of anilines is 1. The number of ketones is 2. The number of para-hydroxylation sites is 1. The van der Waals surface area contributed by atoms with Crippen molar-refractivity contribution in [1.29, 1.82) is 0 Å². The van der Waals surface area contributed by atoms with E-state index in [-0.39, 0.29) is 34.4 Å². The van der Waals surface area contributed by atoms with Gasteiger partial charge in [-0.15, -0.1) is 0 Å². The number of aromatic hydroxyl groups is 1. The van der Waals surface area contributed by atoms with Crippen molar-refractivity contribution in [2.24, 2.45) is 5.41 Å². The average molecular weight is 456 g/mol. The number of hydrogen-bond acceptors (Lipinski definition) is 8. The van der Waals surface area contributed by atoms with E-state index >= 15 is 0 Å². The summed E-state index contributed by atoms with van der Waals surface area (Å²) in [4.78, 5) is 39.0. The Kier molecular flexibility index (Phi) is 6.02. The summed E-state index contributed by atoms with van der Waals surface area (Å²) >= 11 is 0. The van der Waals surface area contributed by atoms with E-state index in [1.54, 1.807) is 19.2 Å². The van der Waals surface area contributed by atoms with Crippen molar-refractivity contribution in [3.8, 4) is 5.75 Å². The van der Waals surface area contributed by atoms with Crippen molar-refractivity contribution in [3.63, 3.8) is 0 Å². The second-order valence-corrected chi connectivity index (χ2v) is 9.04. The highest BCUT2D eigenvalue weighted by atomic mass is 16.5. The molecule has 1 amide bonds. The van der Waals surface area contributed by atoms with Gasteiger partial charge in [0.25, 0.3) is 5.91 Å². The fraction of sp³-hybridized carbons (Fsp3) is 0.458. The van der Waals surface area contributed by atoms with Crippen molar-refractivity contribution in [2.45, 2.75) is 38.9 Å². The van der Waals surface area contributed by atoms with Gasteiger partial charge in [0.2, 0.25) is 11.6 Å². The van der Waals surface area contributed by atoms with Gasteiger partial charge in [0.1, 0.15) is 23.6 Å². The first-order valence-electron chi connectivity index (χ1n) is 11.0. The molecule has 2 heterocycles. The van der Waals surface area contributed by atoms with E-state index in [4.69, 9.17) is 9.15 Å². The average Bonchev–Trinajstić information content (AvgIpc) is 3.22. The number of hydrogen-bond donors (Lipinski definition) is 3. The molecule has 9 nitrogen and oxygen atoms in total. The predicted octanol–water partition coefficient (Wildman–Crippen LogP) is 2.05. The zero-order valence-corrected chi connectivity index (χ0v) is 19.2. The summed E-state index contributed by atoms with van der Waals surface area (Å²) in [7, 11) is 1.64. The molecule has 3 atom stereocenters. The van der Waals surface area contributed by atoms with E-state index in [0.29, 0.717) is 25.5 Å². The van der Waals surface area contributed by atoms with Crippen LogP contribution in [0, 0.1) is 12.3 Å². The Labute approximate surface area is 192 Å². The lowest BCUT2D eigenvalue weighted by atomic mass is 9.76.